The first-order valence-electron chi connectivity index (χ1n) is 9.34. The molecule has 6 nitrogen and oxygen atoms in total. The molecule has 0 spiro atoms. The standard InChI is InChI=1S/C24H17ClN2O4/c1-29-20-5-3-2-4-17(20)22-18-11-10-16(12-21(18)31-23(27)19(22)13-26)30-24(28)14-6-8-15(25)9-7-14/h2-12,22H,27H2,1H3. The van der Waals surface area contributed by atoms with Crippen molar-refractivity contribution >= 4 is 17.6 Å². The number of hydrogen-bond donors (Lipinski definition) is 1. The molecule has 0 saturated carbocycles. The number of nitrogens with zero attached hydrogens (tertiary/aromatic N) is 1. The van der Waals surface area contributed by atoms with Crippen LogP contribution in [-0.4, -0.2) is 13.1 Å². The quantitative estimate of drug-likeness (QED) is 0.470. The van der Waals surface area contributed by atoms with Crippen molar-refractivity contribution in [3.8, 4) is 23.3 Å². The van der Waals surface area contributed by atoms with Gasteiger partial charge in [-0.15, -0.1) is 0 Å². The molecule has 0 bridgehead atoms. The van der Waals surface area contributed by atoms with Crippen LogP contribution in [0.1, 0.15) is 27.4 Å². The maximum absolute atomic E-state index is 12.4. The van der Waals surface area contributed by atoms with E-state index in [0.717, 1.165) is 5.56 Å². The van der Waals surface area contributed by atoms with E-state index in [-0.39, 0.29) is 17.2 Å². The second kappa shape index (κ2) is 8.42. The number of allylic oxidation sites excluding steroid dienone is 1. The largest absolute Gasteiger partial charge is 0.496 e. The lowest BCUT2D eigenvalue weighted by Crippen LogP contribution is -2.21. The molecule has 0 fully saturated rings. The highest BCUT2D eigenvalue weighted by Crippen LogP contribution is 2.45. The van der Waals surface area contributed by atoms with Crippen LogP contribution in [0.3, 0.4) is 0 Å². The molecule has 2 N–H and O–H groups in total. The molecular weight excluding hydrogens is 416 g/mol. The van der Waals surface area contributed by atoms with Gasteiger partial charge < -0.3 is 19.9 Å². The van der Waals surface area contributed by atoms with E-state index in [2.05, 4.69) is 6.07 Å². The van der Waals surface area contributed by atoms with E-state index in [4.69, 9.17) is 31.5 Å². The molecule has 0 aliphatic carbocycles. The Morgan fingerprint density at radius 2 is 1.84 bits per heavy atom. The Kier molecular flexibility index (Phi) is 5.52. The van der Waals surface area contributed by atoms with Gasteiger partial charge in [0.05, 0.1) is 18.6 Å². The number of carbonyl (C=O) groups is 1. The van der Waals surface area contributed by atoms with Crippen molar-refractivity contribution in [3.05, 3.63) is 99.9 Å². The number of nitrogens with two attached hydrogens (primary N) is 1. The first kappa shape index (κ1) is 20.3. The fourth-order valence-corrected chi connectivity index (χ4v) is 3.60. The summed E-state index contributed by atoms with van der Waals surface area (Å²) in [7, 11) is 1.57. The van der Waals surface area contributed by atoms with E-state index >= 15 is 0 Å². The summed E-state index contributed by atoms with van der Waals surface area (Å²) in [4.78, 5) is 12.4. The Morgan fingerprint density at radius 3 is 2.55 bits per heavy atom. The Balaban J connectivity index is 1.71. The predicted molar refractivity (Wildman–Crippen MR) is 115 cm³/mol. The lowest BCUT2D eigenvalue weighted by molar-refractivity contribution is 0.0734. The number of halogens is 1. The summed E-state index contributed by atoms with van der Waals surface area (Å²) in [6, 6.07) is 20.9. The van der Waals surface area contributed by atoms with Gasteiger partial charge in [0.25, 0.3) is 0 Å². The molecule has 0 aromatic heterocycles. The predicted octanol–water partition coefficient (Wildman–Crippen LogP) is 4.79. The number of carbonyl (C=O) groups excluding carboxylic acids is 1. The smallest absolute Gasteiger partial charge is 0.343 e. The van der Waals surface area contributed by atoms with Gasteiger partial charge in [0, 0.05) is 22.2 Å². The average Bonchev–Trinajstić information content (AvgIpc) is 2.78. The molecule has 4 rings (SSSR count). The monoisotopic (exact) mass is 432 g/mol. The van der Waals surface area contributed by atoms with E-state index in [1.54, 1.807) is 49.6 Å². The van der Waals surface area contributed by atoms with Gasteiger partial charge >= 0.3 is 5.97 Å². The van der Waals surface area contributed by atoms with Crippen LogP contribution in [0.25, 0.3) is 0 Å². The van der Waals surface area contributed by atoms with Crippen molar-refractivity contribution in [3.63, 3.8) is 0 Å². The van der Waals surface area contributed by atoms with Crippen molar-refractivity contribution < 1.29 is 19.0 Å². The minimum Gasteiger partial charge on any atom is -0.496 e. The van der Waals surface area contributed by atoms with Crippen LogP contribution >= 0.6 is 11.6 Å². The third kappa shape index (κ3) is 3.91. The zero-order chi connectivity index (χ0) is 22.0. The SMILES string of the molecule is COc1ccccc1C1C(C#N)=C(N)Oc2cc(OC(=O)c3ccc(Cl)cc3)ccc21. The molecule has 154 valence electrons. The highest BCUT2D eigenvalue weighted by atomic mass is 35.5. The minimum atomic E-state index is -0.532. The molecule has 31 heavy (non-hydrogen) atoms. The van der Waals surface area contributed by atoms with Gasteiger partial charge in [-0.3, -0.25) is 0 Å². The number of fused-ring (bicyclic) bond motifs is 1. The molecule has 1 atom stereocenters. The number of ether oxygens (including phenoxy) is 3. The normalized spacial score (nSPS) is 14.8. The van der Waals surface area contributed by atoms with Gasteiger partial charge in [0.2, 0.25) is 5.88 Å². The summed E-state index contributed by atoms with van der Waals surface area (Å²) in [5, 5.41) is 10.2. The Labute approximate surface area is 184 Å². The second-order valence-electron chi connectivity index (χ2n) is 6.76. The van der Waals surface area contributed by atoms with Crippen molar-refractivity contribution in [2.24, 2.45) is 5.73 Å². The first-order chi connectivity index (χ1) is 15.0. The summed E-state index contributed by atoms with van der Waals surface area (Å²) in [5.74, 6) is 0.284. The third-order valence-corrected chi connectivity index (χ3v) is 5.18. The Bertz CT molecular complexity index is 1230. The zero-order valence-electron chi connectivity index (χ0n) is 16.5. The number of rotatable bonds is 4. The number of nitriles is 1. The molecular formula is C24H17ClN2O4. The van der Waals surface area contributed by atoms with Gasteiger partial charge in [-0.2, -0.15) is 5.26 Å². The molecule has 1 aliphatic rings. The van der Waals surface area contributed by atoms with E-state index in [1.165, 1.54) is 0 Å². The van der Waals surface area contributed by atoms with Gasteiger partial charge in [0.15, 0.2) is 0 Å². The van der Waals surface area contributed by atoms with Crippen LogP contribution in [0, 0.1) is 11.3 Å². The number of esters is 1. The van der Waals surface area contributed by atoms with Gasteiger partial charge in [-0.05, 0) is 36.4 Å². The molecule has 3 aromatic rings. The van der Waals surface area contributed by atoms with Crippen molar-refractivity contribution in [2.45, 2.75) is 5.92 Å². The van der Waals surface area contributed by atoms with Crippen LogP contribution in [0.5, 0.6) is 17.2 Å². The zero-order valence-corrected chi connectivity index (χ0v) is 17.2. The average molecular weight is 433 g/mol. The van der Waals surface area contributed by atoms with Gasteiger partial charge in [-0.25, -0.2) is 4.79 Å². The molecule has 1 heterocycles. The molecule has 0 radical (unpaired) electrons. The van der Waals surface area contributed by atoms with Crippen molar-refractivity contribution in [1.82, 2.24) is 0 Å². The summed E-state index contributed by atoms with van der Waals surface area (Å²) in [6.45, 7) is 0. The summed E-state index contributed by atoms with van der Waals surface area (Å²) < 4.78 is 16.6. The lowest BCUT2D eigenvalue weighted by Gasteiger charge is -2.27. The summed E-state index contributed by atoms with van der Waals surface area (Å²) in [5.41, 5.74) is 8.18. The van der Waals surface area contributed by atoms with E-state index in [0.29, 0.717) is 27.6 Å². The summed E-state index contributed by atoms with van der Waals surface area (Å²) >= 11 is 5.86. The molecule has 1 unspecified atom stereocenters. The van der Waals surface area contributed by atoms with Crippen LogP contribution in [0.4, 0.5) is 0 Å². The van der Waals surface area contributed by atoms with Crippen LogP contribution in [0.2, 0.25) is 5.02 Å². The first-order valence-corrected chi connectivity index (χ1v) is 9.71. The summed E-state index contributed by atoms with van der Waals surface area (Å²) in [6.07, 6.45) is 0. The molecule has 0 amide bonds. The van der Waals surface area contributed by atoms with Gasteiger partial charge in [-0.1, -0.05) is 35.9 Å². The maximum atomic E-state index is 12.4. The number of hydrogen-bond acceptors (Lipinski definition) is 6. The van der Waals surface area contributed by atoms with E-state index in [1.807, 2.05) is 24.3 Å². The lowest BCUT2D eigenvalue weighted by atomic mass is 9.83. The third-order valence-electron chi connectivity index (χ3n) is 4.93. The second-order valence-corrected chi connectivity index (χ2v) is 7.20. The van der Waals surface area contributed by atoms with Crippen molar-refractivity contribution in [2.75, 3.05) is 7.11 Å². The molecule has 1 aliphatic heterocycles. The Morgan fingerprint density at radius 1 is 1.10 bits per heavy atom. The fourth-order valence-electron chi connectivity index (χ4n) is 3.48. The molecule has 3 aromatic carbocycles. The van der Waals surface area contributed by atoms with Crippen LogP contribution in [-0.2, 0) is 0 Å². The highest BCUT2D eigenvalue weighted by molar-refractivity contribution is 6.30. The molecule has 7 heteroatoms. The molecule has 0 saturated heterocycles. The number of benzene rings is 3. The number of methoxy groups -OCH3 is 1. The topological polar surface area (TPSA) is 94.6 Å². The fraction of sp³-hybridized carbons (Fsp3) is 0.0833. The minimum absolute atomic E-state index is 0.00733. The van der Waals surface area contributed by atoms with E-state index < -0.39 is 11.9 Å². The van der Waals surface area contributed by atoms with Crippen molar-refractivity contribution in [1.29, 1.82) is 5.26 Å². The highest BCUT2D eigenvalue weighted by Gasteiger charge is 2.32. The van der Waals surface area contributed by atoms with Gasteiger partial charge in [0.1, 0.15) is 28.9 Å². The van der Waals surface area contributed by atoms with Crippen LogP contribution < -0.4 is 19.9 Å². The maximum Gasteiger partial charge on any atom is 0.343 e. The van der Waals surface area contributed by atoms with Crippen LogP contribution in [0.15, 0.2) is 78.2 Å². The Hall–Kier alpha value is -3.95. The number of para-hydroxylation sites is 1. The van der Waals surface area contributed by atoms with E-state index in [9.17, 15) is 10.1 Å².